The Labute approximate surface area is 122 Å². The van der Waals surface area contributed by atoms with Gasteiger partial charge in [-0.3, -0.25) is 4.79 Å². The number of benzene rings is 1. The summed E-state index contributed by atoms with van der Waals surface area (Å²) in [5.74, 6) is -0.210. The number of hydrogen-bond donors (Lipinski definition) is 3. The van der Waals surface area contributed by atoms with E-state index in [9.17, 15) is 4.79 Å². The average molecular weight is 287 g/mol. The number of oxime groups is 1. The van der Waals surface area contributed by atoms with Gasteiger partial charge >= 0.3 is 0 Å². The van der Waals surface area contributed by atoms with Crippen LogP contribution in [0.2, 0.25) is 0 Å². The molecule has 7 nitrogen and oxygen atoms in total. The fourth-order valence-electron chi connectivity index (χ4n) is 1.86. The second-order valence-electron chi connectivity index (χ2n) is 4.48. The number of nitrogens with zero attached hydrogens (tertiary/aromatic N) is 3. The molecule has 0 saturated carbocycles. The Hall–Kier alpha value is -2.83. The molecule has 1 amide bonds. The van der Waals surface area contributed by atoms with Crippen LogP contribution in [0.25, 0.3) is 0 Å². The number of amidine groups is 1. The molecule has 2 rings (SSSR count). The van der Waals surface area contributed by atoms with Gasteiger partial charge in [0.05, 0.1) is 6.33 Å². The first-order valence-electron chi connectivity index (χ1n) is 6.52. The number of amides is 1. The van der Waals surface area contributed by atoms with Crippen molar-refractivity contribution >= 4 is 11.7 Å². The number of imidazole rings is 1. The Morgan fingerprint density at radius 3 is 2.95 bits per heavy atom. The normalized spacial score (nSPS) is 11.3. The smallest absolute Gasteiger partial charge is 0.251 e. The number of nitrogens with one attached hydrogen (secondary N) is 1. The minimum Gasteiger partial charge on any atom is -0.409 e. The fourth-order valence-corrected chi connectivity index (χ4v) is 1.86. The molecule has 1 heterocycles. The molecule has 0 spiro atoms. The Balaban J connectivity index is 1.85. The van der Waals surface area contributed by atoms with Crippen molar-refractivity contribution in [1.29, 1.82) is 0 Å². The second-order valence-corrected chi connectivity index (χ2v) is 4.48. The zero-order valence-electron chi connectivity index (χ0n) is 11.4. The van der Waals surface area contributed by atoms with Gasteiger partial charge < -0.3 is 20.8 Å². The zero-order valence-corrected chi connectivity index (χ0v) is 11.4. The highest BCUT2D eigenvalue weighted by Gasteiger charge is 2.07. The Bertz CT molecular complexity index is 622. The molecule has 0 saturated heterocycles. The van der Waals surface area contributed by atoms with E-state index in [1.54, 1.807) is 36.8 Å². The van der Waals surface area contributed by atoms with E-state index in [2.05, 4.69) is 15.5 Å². The van der Waals surface area contributed by atoms with Crippen molar-refractivity contribution in [2.75, 3.05) is 6.54 Å². The van der Waals surface area contributed by atoms with Gasteiger partial charge in [-0.2, -0.15) is 0 Å². The van der Waals surface area contributed by atoms with E-state index in [0.29, 0.717) is 17.7 Å². The SMILES string of the molecule is N/C(=N\O)c1cccc(C(=O)NCCCn2ccnc2)c1. The third-order valence-electron chi connectivity index (χ3n) is 2.97. The van der Waals surface area contributed by atoms with E-state index in [-0.39, 0.29) is 11.7 Å². The fraction of sp³-hybridized carbons (Fsp3) is 0.214. The molecule has 0 atom stereocenters. The molecule has 0 aliphatic carbocycles. The maximum Gasteiger partial charge on any atom is 0.251 e. The van der Waals surface area contributed by atoms with E-state index in [0.717, 1.165) is 13.0 Å². The zero-order chi connectivity index (χ0) is 15.1. The van der Waals surface area contributed by atoms with E-state index < -0.39 is 0 Å². The molecule has 0 aliphatic rings. The maximum absolute atomic E-state index is 12.0. The van der Waals surface area contributed by atoms with Crippen LogP contribution in [0.4, 0.5) is 0 Å². The van der Waals surface area contributed by atoms with Crippen molar-refractivity contribution in [3.05, 3.63) is 54.1 Å². The lowest BCUT2D eigenvalue weighted by atomic mass is 10.1. The van der Waals surface area contributed by atoms with Crippen LogP contribution in [0, 0.1) is 0 Å². The number of hydrogen-bond acceptors (Lipinski definition) is 4. The van der Waals surface area contributed by atoms with Gasteiger partial charge in [0, 0.05) is 36.6 Å². The quantitative estimate of drug-likeness (QED) is 0.240. The minimum absolute atomic E-state index is 0.0234. The van der Waals surface area contributed by atoms with Crippen molar-refractivity contribution in [2.24, 2.45) is 10.9 Å². The molecular weight excluding hydrogens is 270 g/mol. The Kier molecular flexibility index (Phi) is 4.92. The van der Waals surface area contributed by atoms with Crippen molar-refractivity contribution in [2.45, 2.75) is 13.0 Å². The first kappa shape index (κ1) is 14.6. The summed E-state index contributed by atoms with van der Waals surface area (Å²) in [5, 5.41) is 14.4. The van der Waals surface area contributed by atoms with E-state index in [4.69, 9.17) is 10.9 Å². The van der Waals surface area contributed by atoms with E-state index >= 15 is 0 Å². The first-order chi connectivity index (χ1) is 10.2. The third kappa shape index (κ3) is 4.07. The molecule has 0 bridgehead atoms. The summed E-state index contributed by atoms with van der Waals surface area (Å²) in [6.07, 6.45) is 6.14. The van der Waals surface area contributed by atoms with Gasteiger partial charge in [0.2, 0.25) is 0 Å². The summed E-state index contributed by atoms with van der Waals surface area (Å²) in [4.78, 5) is 15.9. The summed E-state index contributed by atoms with van der Waals surface area (Å²) in [6.45, 7) is 1.36. The van der Waals surface area contributed by atoms with Crippen LogP contribution >= 0.6 is 0 Å². The number of carbonyl (C=O) groups excluding carboxylic acids is 1. The molecule has 110 valence electrons. The Morgan fingerprint density at radius 2 is 2.24 bits per heavy atom. The first-order valence-corrected chi connectivity index (χ1v) is 6.52. The molecule has 21 heavy (non-hydrogen) atoms. The van der Waals surface area contributed by atoms with Gasteiger partial charge in [-0.1, -0.05) is 17.3 Å². The van der Waals surface area contributed by atoms with Crippen molar-refractivity contribution in [3.63, 3.8) is 0 Å². The standard InChI is InChI=1S/C14H17N5O2/c15-13(18-21)11-3-1-4-12(9-11)14(20)17-5-2-7-19-8-6-16-10-19/h1,3-4,6,8-10,21H,2,5,7H2,(H2,15,18)(H,17,20). The predicted octanol–water partition coefficient (Wildman–Crippen LogP) is 0.798. The van der Waals surface area contributed by atoms with Crippen molar-refractivity contribution in [1.82, 2.24) is 14.9 Å². The third-order valence-corrected chi connectivity index (χ3v) is 2.97. The number of aromatic nitrogens is 2. The van der Waals surface area contributed by atoms with Crippen LogP contribution in [-0.4, -0.2) is 33.0 Å². The molecule has 0 aliphatic heterocycles. The van der Waals surface area contributed by atoms with Gasteiger partial charge in [0.1, 0.15) is 0 Å². The minimum atomic E-state index is -0.187. The van der Waals surface area contributed by atoms with Gasteiger partial charge in [0.25, 0.3) is 5.91 Å². The van der Waals surface area contributed by atoms with E-state index in [1.165, 1.54) is 0 Å². The van der Waals surface area contributed by atoms with Crippen LogP contribution in [0.1, 0.15) is 22.3 Å². The predicted molar refractivity (Wildman–Crippen MR) is 78.1 cm³/mol. The Morgan fingerprint density at radius 1 is 1.43 bits per heavy atom. The number of nitrogens with two attached hydrogens (primary N) is 1. The lowest BCUT2D eigenvalue weighted by Gasteiger charge is -2.07. The van der Waals surface area contributed by atoms with Crippen LogP contribution in [-0.2, 0) is 6.54 Å². The molecule has 2 aromatic rings. The highest BCUT2D eigenvalue weighted by atomic mass is 16.4. The summed E-state index contributed by atoms with van der Waals surface area (Å²) >= 11 is 0. The molecule has 1 aromatic heterocycles. The number of rotatable bonds is 6. The van der Waals surface area contributed by atoms with Crippen LogP contribution in [0.15, 0.2) is 48.1 Å². The summed E-state index contributed by atoms with van der Waals surface area (Å²) < 4.78 is 1.95. The monoisotopic (exact) mass is 287 g/mol. The summed E-state index contributed by atoms with van der Waals surface area (Å²) in [7, 11) is 0. The van der Waals surface area contributed by atoms with Crippen LogP contribution < -0.4 is 11.1 Å². The highest BCUT2D eigenvalue weighted by molar-refractivity contribution is 6.01. The van der Waals surface area contributed by atoms with Crippen LogP contribution in [0.5, 0.6) is 0 Å². The molecule has 0 radical (unpaired) electrons. The molecule has 1 aromatic carbocycles. The van der Waals surface area contributed by atoms with Crippen molar-refractivity contribution in [3.8, 4) is 0 Å². The van der Waals surface area contributed by atoms with E-state index in [1.807, 2.05) is 10.8 Å². The van der Waals surface area contributed by atoms with Gasteiger partial charge in [-0.15, -0.1) is 0 Å². The molecule has 4 N–H and O–H groups in total. The number of aryl methyl sites for hydroxylation is 1. The molecule has 0 fully saturated rings. The molecule has 0 unspecified atom stereocenters. The van der Waals surface area contributed by atoms with Gasteiger partial charge in [-0.05, 0) is 18.6 Å². The molecule has 7 heteroatoms. The topological polar surface area (TPSA) is 106 Å². The highest BCUT2D eigenvalue weighted by Crippen LogP contribution is 2.05. The van der Waals surface area contributed by atoms with Gasteiger partial charge in [0.15, 0.2) is 5.84 Å². The van der Waals surface area contributed by atoms with Gasteiger partial charge in [-0.25, -0.2) is 4.98 Å². The number of carbonyl (C=O) groups is 1. The molecular formula is C14H17N5O2. The largest absolute Gasteiger partial charge is 0.409 e. The van der Waals surface area contributed by atoms with Crippen molar-refractivity contribution < 1.29 is 10.0 Å². The van der Waals surface area contributed by atoms with Crippen LogP contribution in [0.3, 0.4) is 0 Å². The maximum atomic E-state index is 12.0. The lowest BCUT2D eigenvalue weighted by Crippen LogP contribution is -2.25. The average Bonchev–Trinajstić information content (AvgIpc) is 3.04. The summed E-state index contributed by atoms with van der Waals surface area (Å²) in [6, 6.07) is 6.62. The summed E-state index contributed by atoms with van der Waals surface area (Å²) in [5.41, 5.74) is 6.48. The lowest BCUT2D eigenvalue weighted by molar-refractivity contribution is 0.0952. The second kappa shape index (κ2) is 7.09.